The minimum absolute atomic E-state index is 0.801. The minimum Gasteiger partial charge on any atom is -0.398 e. The second-order valence-electron chi connectivity index (χ2n) is 5.47. The average molecular weight is 348 g/mol. The van der Waals surface area contributed by atoms with Crippen LogP contribution in [0.3, 0.4) is 0 Å². The van der Waals surface area contributed by atoms with Gasteiger partial charge in [0, 0.05) is 15.7 Å². The predicted molar refractivity (Wildman–Crippen MR) is 99.0 cm³/mol. The number of fused-ring (bicyclic) bond motifs is 2. The van der Waals surface area contributed by atoms with E-state index in [4.69, 9.17) is 5.73 Å². The summed E-state index contributed by atoms with van der Waals surface area (Å²) in [5.74, 6) is 0. The molecule has 0 aliphatic rings. The minimum atomic E-state index is 0.801. The van der Waals surface area contributed by atoms with Gasteiger partial charge in [0.2, 0.25) is 0 Å². The molecule has 0 bridgehead atoms. The van der Waals surface area contributed by atoms with E-state index in [0.29, 0.717) is 0 Å². The summed E-state index contributed by atoms with van der Waals surface area (Å²) in [7, 11) is 0. The van der Waals surface area contributed by atoms with Gasteiger partial charge in [-0.3, -0.25) is 0 Å². The Bertz CT molecular complexity index is 922. The molecule has 0 atom stereocenters. The van der Waals surface area contributed by atoms with Gasteiger partial charge in [-0.15, -0.1) is 0 Å². The van der Waals surface area contributed by atoms with Crippen molar-refractivity contribution in [2.75, 3.05) is 5.73 Å². The highest BCUT2D eigenvalue weighted by molar-refractivity contribution is 9.10. The number of benzene rings is 4. The lowest BCUT2D eigenvalue weighted by atomic mass is 9.97. The lowest BCUT2D eigenvalue weighted by Crippen LogP contribution is -1.92. The molecule has 0 spiro atoms. The first kappa shape index (κ1) is 13.4. The molecule has 0 amide bonds. The summed E-state index contributed by atoms with van der Waals surface area (Å²) in [5.41, 5.74) is 9.30. The van der Waals surface area contributed by atoms with E-state index >= 15 is 0 Å². The number of hydrogen-bond donors (Lipinski definition) is 1. The molecule has 22 heavy (non-hydrogen) atoms. The maximum Gasteiger partial charge on any atom is 0.0400 e. The molecular weight excluding hydrogens is 334 g/mol. The monoisotopic (exact) mass is 347 g/mol. The zero-order valence-electron chi connectivity index (χ0n) is 11.9. The van der Waals surface area contributed by atoms with Gasteiger partial charge in [-0.1, -0.05) is 64.5 Å². The van der Waals surface area contributed by atoms with E-state index in [1.54, 1.807) is 0 Å². The topological polar surface area (TPSA) is 26.0 Å². The molecule has 0 aromatic heterocycles. The molecule has 4 rings (SSSR count). The van der Waals surface area contributed by atoms with E-state index in [-0.39, 0.29) is 0 Å². The quantitative estimate of drug-likeness (QED) is 0.419. The fourth-order valence-corrected chi connectivity index (χ4v) is 3.48. The Morgan fingerprint density at radius 3 is 1.64 bits per heavy atom. The first-order valence-electron chi connectivity index (χ1n) is 7.19. The zero-order valence-corrected chi connectivity index (χ0v) is 13.5. The maximum atomic E-state index is 6.31. The molecule has 4 aromatic carbocycles. The van der Waals surface area contributed by atoms with Gasteiger partial charge in [0.05, 0.1) is 0 Å². The fraction of sp³-hybridized carbons (Fsp3) is 0. The van der Waals surface area contributed by atoms with E-state index in [2.05, 4.69) is 76.6 Å². The molecule has 0 radical (unpaired) electrons. The van der Waals surface area contributed by atoms with Crippen LogP contribution in [-0.4, -0.2) is 0 Å². The molecule has 0 saturated carbocycles. The Balaban J connectivity index is 2.02. The van der Waals surface area contributed by atoms with Crippen molar-refractivity contribution in [2.24, 2.45) is 0 Å². The summed E-state index contributed by atoms with van der Waals surface area (Å²) in [6.07, 6.45) is 0. The number of nitrogens with two attached hydrogens (primary N) is 1. The highest BCUT2D eigenvalue weighted by Crippen LogP contribution is 2.37. The Hall–Kier alpha value is -2.32. The van der Waals surface area contributed by atoms with Crippen LogP contribution < -0.4 is 5.73 Å². The number of nitrogen functional groups attached to an aromatic ring is 1. The van der Waals surface area contributed by atoms with Gasteiger partial charge in [0.15, 0.2) is 0 Å². The third-order valence-electron chi connectivity index (χ3n) is 4.04. The van der Waals surface area contributed by atoms with Crippen LogP contribution in [-0.2, 0) is 0 Å². The van der Waals surface area contributed by atoms with Crippen LogP contribution >= 0.6 is 15.9 Å². The van der Waals surface area contributed by atoms with E-state index in [1.807, 2.05) is 12.1 Å². The third-order valence-corrected chi connectivity index (χ3v) is 4.70. The molecule has 0 saturated heterocycles. The molecule has 1 nitrogen and oxygen atoms in total. The van der Waals surface area contributed by atoms with Crippen molar-refractivity contribution in [3.8, 4) is 11.1 Å². The molecule has 106 valence electrons. The average Bonchev–Trinajstić information content (AvgIpc) is 2.54. The van der Waals surface area contributed by atoms with Gasteiger partial charge < -0.3 is 5.73 Å². The second-order valence-corrected chi connectivity index (χ2v) is 6.32. The van der Waals surface area contributed by atoms with Crippen LogP contribution in [0.2, 0.25) is 0 Å². The van der Waals surface area contributed by atoms with Gasteiger partial charge in [0.1, 0.15) is 0 Å². The van der Waals surface area contributed by atoms with Crippen LogP contribution in [0.15, 0.2) is 77.3 Å². The predicted octanol–water partition coefficient (Wildman–Crippen LogP) is 6.00. The highest BCUT2D eigenvalue weighted by atomic mass is 79.9. The van der Waals surface area contributed by atoms with Crippen molar-refractivity contribution < 1.29 is 0 Å². The summed E-state index contributed by atoms with van der Waals surface area (Å²) in [4.78, 5) is 0. The first-order valence-corrected chi connectivity index (χ1v) is 7.98. The summed E-state index contributed by atoms with van der Waals surface area (Å²) in [6.45, 7) is 0. The Kier molecular flexibility index (Phi) is 3.12. The SMILES string of the molecule is Nc1cc2ccccc2cc1-c1cc2ccccc2cc1Br. The molecule has 4 aromatic rings. The largest absolute Gasteiger partial charge is 0.398 e. The van der Waals surface area contributed by atoms with Crippen molar-refractivity contribution in [2.45, 2.75) is 0 Å². The molecule has 2 heteroatoms. The molecule has 0 aliphatic heterocycles. The lowest BCUT2D eigenvalue weighted by molar-refractivity contribution is 1.63. The number of hydrogen-bond acceptors (Lipinski definition) is 1. The van der Waals surface area contributed by atoms with Crippen molar-refractivity contribution in [1.29, 1.82) is 0 Å². The Morgan fingerprint density at radius 1 is 0.591 bits per heavy atom. The zero-order chi connectivity index (χ0) is 15.1. The smallest absolute Gasteiger partial charge is 0.0400 e. The van der Waals surface area contributed by atoms with Crippen molar-refractivity contribution in [3.63, 3.8) is 0 Å². The van der Waals surface area contributed by atoms with Crippen LogP contribution in [0, 0.1) is 0 Å². The Labute approximate surface area is 137 Å². The van der Waals surface area contributed by atoms with Gasteiger partial charge in [0.25, 0.3) is 0 Å². The van der Waals surface area contributed by atoms with Gasteiger partial charge in [-0.05, 0) is 51.4 Å². The molecule has 0 fully saturated rings. The second kappa shape index (κ2) is 5.15. The lowest BCUT2D eigenvalue weighted by Gasteiger charge is -2.12. The molecule has 0 aliphatic carbocycles. The summed E-state index contributed by atoms with van der Waals surface area (Å²) in [6, 6.07) is 25.2. The molecular formula is C20H14BrN. The normalized spacial score (nSPS) is 11.1. The molecule has 0 unspecified atom stereocenters. The van der Waals surface area contributed by atoms with Crippen LogP contribution in [0.4, 0.5) is 5.69 Å². The summed E-state index contributed by atoms with van der Waals surface area (Å²) in [5, 5.41) is 4.80. The number of rotatable bonds is 1. The number of anilines is 1. The fourth-order valence-electron chi connectivity index (χ4n) is 2.91. The standard InChI is InChI=1S/C20H14BrN/c21-19-11-15-7-3-1-5-13(15)9-17(19)18-10-14-6-2-4-8-16(14)12-20(18)22/h1-12H,22H2. The molecule has 0 heterocycles. The van der Waals surface area contributed by atoms with Crippen LogP contribution in [0.5, 0.6) is 0 Å². The van der Waals surface area contributed by atoms with Crippen molar-refractivity contribution >= 4 is 43.2 Å². The van der Waals surface area contributed by atoms with Crippen LogP contribution in [0.25, 0.3) is 32.7 Å². The highest BCUT2D eigenvalue weighted by Gasteiger charge is 2.10. The van der Waals surface area contributed by atoms with E-state index < -0.39 is 0 Å². The van der Waals surface area contributed by atoms with Gasteiger partial charge in [-0.25, -0.2) is 0 Å². The number of halogens is 1. The van der Waals surface area contributed by atoms with Gasteiger partial charge in [-0.2, -0.15) is 0 Å². The van der Waals surface area contributed by atoms with E-state index in [9.17, 15) is 0 Å². The van der Waals surface area contributed by atoms with Crippen molar-refractivity contribution in [1.82, 2.24) is 0 Å². The van der Waals surface area contributed by atoms with Crippen molar-refractivity contribution in [3.05, 3.63) is 77.3 Å². The summed E-state index contributed by atoms with van der Waals surface area (Å²) >= 11 is 3.70. The van der Waals surface area contributed by atoms with E-state index in [1.165, 1.54) is 21.5 Å². The first-order chi connectivity index (χ1) is 10.7. The van der Waals surface area contributed by atoms with Gasteiger partial charge >= 0.3 is 0 Å². The van der Waals surface area contributed by atoms with E-state index in [0.717, 1.165) is 21.3 Å². The third kappa shape index (κ3) is 2.16. The Morgan fingerprint density at radius 2 is 1.05 bits per heavy atom. The molecule has 2 N–H and O–H groups in total. The van der Waals surface area contributed by atoms with Crippen LogP contribution in [0.1, 0.15) is 0 Å². The summed E-state index contributed by atoms with van der Waals surface area (Å²) < 4.78 is 1.06. The maximum absolute atomic E-state index is 6.31.